The quantitative estimate of drug-likeness (QED) is 0.914. The van der Waals surface area contributed by atoms with Crippen LogP contribution in [-0.2, 0) is 0 Å². The Bertz CT molecular complexity index is 603. The van der Waals surface area contributed by atoms with Gasteiger partial charge in [0.25, 0.3) is 0 Å². The number of rotatable bonds is 4. The van der Waals surface area contributed by atoms with E-state index in [1.165, 1.54) is 12.1 Å². The van der Waals surface area contributed by atoms with E-state index in [0.717, 1.165) is 35.6 Å². The molecule has 0 aliphatic heterocycles. The SMILES string of the molecule is CCCNc1nc(-c2cc(C)cc(F)c2)nc(C)c1C. The highest BCUT2D eigenvalue weighted by molar-refractivity contribution is 5.60. The summed E-state index contributed by atoms with van der Waals surface area (Å²) in [6.45, 7) is 8.77. The lowest BCUT2D eigenvalue weighted by molar-refractivity contribution is 0.627. The Morgan fingerprint density at radius 1 is 1.10 bits per heavy atom. The fraction of sp³-hybridized carbons (Fsp3) is 0.375. The minimum absolute atomic E-state index is 0.259. The van der Waals surface area contributed by atoms with Crippen LogP contribution in [0.1, 0.15) is 30.2 Å². The molecule has 2 rings (SSSR count). The van der Waals surface area contributed by atoms with Crippen LogP contribution >= 0.6 is 0 Å². The predicted octanol–water partition coefficient (Wildman–Crippen LogP) is 4.03. The molecule has 0 unspecified atom stereocenters. The van der Waals surface area contributed by atoms with Crippen molar-refractivity contribution in [3.05, 3.63) is 40.8 Å². The first kappa shape index (κ1) is 14.4. The maximum Gasteiger partial charge on any atom is 0.161 e. The molecular formula is C16H20FN3. The summed E-state index contributed by atoms with van der Waals surface area (Å²) in [5.41, 5.74) is 3.53. The minimum Gasteiger partial charge on any atom is -0.370 e. The van der Waals surface area contributed by atoms with Gasteiger partial charge in [-0.3, -0.25) is 0 Å². The normalized spacial score (nSPS) is 10.7. The van der Waals surface area contributed by atoms with Crippen molar-refractivity contribution in [2.45, 2.75) is 34.1 Å². The van der Waals surface area contributed by atoms with Gasteiger partial charge in [0.05, 0.1) is 0 Å². The maximum absolute atomic E-state index is 13.5. The lowest BCUT2D eigenvalue weighted by Gasteiger charge is -2.12. The van der Waals surface area contributed by atoms with Crippen molar-refractivity contribution in [3.8, 4) is 11.4 Å². The van der Waals surface area contributed by atoms with Gasteiger partial charge in [0.15, 0.2) is 5.82 Å². The Hall–Kier alpha value is -1.97. The summed E-state index contributed by atoms with van der Waals surface area (Å²) >= 11 is 0. The summed E-state index contributed by atoms with van der Waals surface area (Å²) in [4.78, 5) is 9.01. The van der Waals surface area contributed by atoms with Crippen LogP contribution in [0.25, 0.3) is 11.4 Å². The highest BCUT2D eigenvalue weighted by Crippen LogP contribution is 2.23. The zero-order valence-corrected chi connectivity index (χ0v) is 12.4. The molecule has 0 spiro atoms. The fourth-order valence-corrected chi connectivity index (χ4v) is 2.04. The number of nitrogens with zero attached hydrogens (tertiary/aromatic N) is 2. The third kappa shape index (κ3) is 3.13. The van der Waals surface area contributed by atoms with Crippen molar-refractivity contribution < 1.29 is 4.39 Å². The van der Waals surface area contributed by atoms with Gasteiger partial charge in [0.2, 0.25) is 0 Å². The van der Waals surface area contributed by atoms with E-state index in [4.69, 9.17) is 0 Å². The molecule has 4 heteroatoms. The molecule has 0 aliphatic rings. The van der Waals surface area contributed by atoms with E-state index >= 15 is 0 Å². The Morgan fingerprint density at radius 3 is 2.50 bits per heavy atom. The van der Waals surface area contributed by atoms with Gasteiger partial charge in [-0.1, -0.05) is 6.92 Å². The smallest absolute Gasteiger partial charge is 0.161 e. The summed E-state index contributed by atoms with van der Waals surface area (Å²) in [6, 6.07) is 4.87. The van der Waals surface area contributed by atoms with Crippen molar-refractivity contribution in [3.63, 3.8) is 0 Å². The van der Waals surface area contributed by atoms with Gasteiger partial charge in [-0.15, -0.1) is 0 Å². The first-order valence-electron chi connectivity index (χ1n) is 6.88. The molecule has 1 aromatic carbocycles. The van der Waals surface area contributed by atoms with Crippen molar-refractivity contribution in [1.82, 2.24) is 9.97 Å². The van der Waals surface area contributed by atoms with Crippen molar-refractivity contribution in [1.29, 1.82) is 0 Å². The highest BCUT2D eigenvalue weighted by atomic mass is 19.1. The second-order valence-electron chi connectivity index (χ2n) is 5.05. The number of anilines is 1. The van der Waals surface area contributed by atoms with Crippen LogP contribution in [0.4, 0.5) is 10.2 Å². The number of hydrogen-bond acceptors (Lipinski definition) is 3. The Morgan fingerprint density at radius 2 is 1.85 bits per heavy atom. The van der Waals surface area contributed by atoms with Crippen LogP contribution in [-0.4, -0.2) is 16.5 Å². The zero-order chi connectivity index (χ0) is 14.7. The Kier molecular flexibility index (Phi) is 4.32. The standard InChI is InChI=1S/C16H20FN3/c1-5-6-18-15-11(3)12(4)19-16(20-15)13-7-10(2)8-14(17)9-13/h7-9H,5-6H2,1-4H3,(H,18,19,20). The molecule has 0 amide bonds. The van der Waals surface area contributed by atoms with E-state index in [0.29, 0.717) is 11.4 Å². The Labute approximate surface area is 119 Å². The summed E-state index contributed by atoms with van der Waals surface area (Å²) < 4.78 is 13.5. The molecule has 0 aliphatic carbocycles. The summed E-state index contributed by atoms with van der Waals surface area (Å²) in [6.07, 6.45) is 1.02. The first-order chi connectivity index (χ1) is 9.51. The summed E-state index contributed by atoms with van der Waals surface area (Å²) in [5, 5.41) is 3.30. The van der Waals surface area contributed by atoms with E-state index in [1.54, 1.807) is 0 Å². The first-order valence-corrected chi connectivity index (χ1v) is 6.88. The Balaban J connectivity index is 2.48. The number of aryl methyl sites for hydroxylation is 2. The highest BCUT2D eigenvalue weighted by Gasteiger charge is 2.10. The zero-order valence-electron chi connectivity index (χ0n) is 12.4. The minimum atomic E-state index is -0.259. The predicted molar refractivity (Wildman–Crippen MR) is 80.4 cm³/mol. The number of aromatic nitrogens is 2. The average molecular weight is 273 g/mol. The number of halogens is 1. The number of nitrogens with one attached hydrogen (secondary N) is 1. The van der Waals surface area contributed by atoms with E-state index in [9.17, 15) is 4.39 Å². The van der Waals surface area contributed by atoms with Crippen molar-refractivity contribution >= 4 is 5.82 Å². The lowest BCUT2D eigenvalue weighted by atomic mass is 10.1. The molecule has 106 valence electrons. The molecule has 0 radical (unpaired) electrons. The van der Waals surface area contributed by atoms with Crippen LogP contribution in [0.15, 0.2) is 18.2 Å². The van der Waals surface area contributed by atoms with Gasteiger partial charge >= 0.3 is 0 Å². The molecular weight excluding hydrogens is 253 g/mol. The van der Waals surface area contributed by atoms with E-state index in [-0.39, 0.29) is 5.82 Å². The van der Waals surface area contributed by atoms with Gasteiger partial charge in [-0.25, -0.2) is 14.4 Å². The van der Waals surface area contributed by atoms with Gasteiger partial charge in [-0.2, -0.15) is 0 Å². The molecule has 0 saturated carbocycles. The number of hydrogen-bond donors (Lipinski definition) is 1. The third-order valence-electron chi connectivity index (χ3n) is 3.23. The molecule has 20 heavy (non-hydrogen) atoms. The molecule has 0 atom stereocenters. The lowest BCUT2D eigenvalue weighted by Crippen LogP contribution is -2.07. The van der Waals surface area contributed by atoms with Gasteiger partial charge in [0, 0.05) is 23.4 Å². The van der Waals surface area contributed by atoms with Crippen LogP contribution < -0.4 is 5.32 Å². The molecule has 1 N–H and O–H groups in total. The maximum atomic E-state index is 13.5. The summed E-state index contributed by atoms with van der Waals surface area (Å²) in [5.74, 6) is 1.13. The van der Waals surface area contributed by atoms with Crippen molar-refractivity contribution in [2.75, 3.05) is 11.9 Å². The van der Waals surface area contributed by atoms with E-state index < -0.39 is 0 Å². The summed E-state index contributed by atoms with van der Waals surface area (Å²) in [7, 11) is 0. The fourth-order valence-electron chi connectivity index (χ4n) is 2.04. The van der Waals surface area contributed by atoms with Crippen LogP contribution in [0, 0.1) is 26.6 Å². The molecule has 0 fully saturated rings. The molecule has 2 aromatic rings. The third-order valence-corrected chi connectivity index (χ3v) is 3.23. The van der Waals surface area contributed by atoms with Crippen LogP contribution in [0.3, 0.4) is 0 Å². The van der Waals surface area contributed by atoms with Crippen LogP contribution in [0.5, 0.6) is 0 Å². The molecule has 0 saturated heterocycles. The molecule has 1 aromatic heterocycles. The van der Waals surface area contributed by atoms with E-state index in [2.05, 4.69) is 22.2 Å². The van der Waals surface area contributed by atoms with Gasteiger partial charge in [0.1, 0.15) is 11.6 Å². The van der Waals surface area contributed by atoms with E-state index in [1.807, 2.05) is 26.8 Å². The molecule has 1 heterocycles. The second kappa shape index (κ2) is 5.99. The van der Waals surface area contributed by atoms with Gasteiger partial charge in [-0.05, 0) is 51.0 Å². The topological polar surface area (TPSA) is 37.8 Å². The van der Waals surface area contributed by atoms with Gasteiger partial charge < -0.3 is 5.32 Å². The molecule has 3 nitrogen and oxygen atoms in total. The second-order valence-corrected chi connectivity index (χ2v) is 5.05. The largest absolute Gasteiger partial charge is 0.370 e. The van der Waals surface area contributed by atoms with Crippen molar-refractivity contribution in [2.24, 2.45) is 0 Å². The van der Waals surface area contributed by atoms with Crippen LogP contribution in [0.2, 0.25) is 0 Å². The number of benzene rings is 1. The molecule has 0 bridgehead atoms. The monoisotopic (exact) mass is 273 g/mol. The average Bonchev–Trinajstić information content (AvgIpc) is 2.39.